The first kappa shape index (κ1) is 25.3. The van der Waals surface area contributed by atoms with E-state index in [0.717, 1.165) is 19.1 Å². The predicted molar refractivity (Wildman–Crippen MR) is 97.8 cm³/mol. The van der Waals surface area contributed by atoms with Crippen molar-refractivity contribution in [2.45, 2.75) is 37.6 Å². The van der Waals surface area contributed by atoms with Gasteiger partial charge in [0.2, 0.25) is 5.82 Å². The fourth-order valence-corrected chi connectivity index (χ4v) is 3.49. The highest BCUT2D eigenvalue weighted by atomic mass is 19.4. The minimum atomic E-state index is -4.85. The van der Waals surface area contributed by atoms with E-state index in [1.165, 1.54) is 21.1 Å². The number of benzene rings is 1. The lowest BCUT2D eigenvalue weighted by Crippen LogP contribution is -2.47. The summed E-state index contributed by atoms with van der Waals surface area (Å²) in [7, 11) is 2.72. The number of methoxy groups -OCH3 is 2. The smallest absolute Gasteiger partial charge is 0.417 e. The van der Waals surface area contributed by atoms with Gasteiger partial charge in [0.15, 0.2) is 23.3 Å². The summed E-state index contributed by atoms with van der Waals surface area (Å²) in [6, 6.07) is 1.85. The van der Waals surface area contributed by atoms with Crippen molar-refractivity contribution < 1.29 is 50.4 Å². The molecular formula is C20H25F5O6. The van der Waals surface area contributed by atoms with Crippen LogP contribution >= 0.6 is 0 Å². The lowest BCUT2D eigenvalue weighted by molar-refractivity contribution is -0.274. The highest BCUT2D eigenvalue weighted by Crippen LogP contribution is 2.55. The van der Waals surface area contributed by atoms with E-state index in [1.807, 2.05) is 0 Å². The van der Waals surface area contributed by atoms with Crippen molar-refractivity contribution >= 4 is 5.97 Å². The van der Waals surface area contributed by atoms with Crippen LogP contribution in [-0.2, 0) is 23.7 Å². The quantitative estimate of drug-likeness (QED) is 0.321. The maximum atomic E-state index is 14.5. The van der Waals surface area contributed by atoms with Gasteiger partial charge >= 0.3 is 12.1 Å². The number of ether oxygens (including phenoxy) is 5. The van der Waals surface area contributed by atoms with Crippen LogP contribution in [0.1, 0.15) is 25.3 Å². The second kappa shape index (κ2) is 10.1. The molecule has 0 radical (unpaired) electrons. The van der Waals surface area contributed by atoms with E-state index in [-0.39, 0.29) is 32.0 Å². The molecule has 6 nitrogen and oxygen atoms in total. The molecule has 0 aliphatic carbocycles. The summed E-state index contributed by atoms with van der Waals surface area (Å²) in [6.07, 6.45) is -6.57. The van der Waals surface area contributed by atoms with Gasteiger partial charge in [0.25, 0.3) is 0 Å². The predicted octanol–water partition coefficient (Wildman–Crippen LogP) is 3.62. The van der Waals surface area contributed by atoms with Gasteiger partial charge in [-0.2, -0.15) is 17.6 Å². The van der Waals surface area contributed by atoms with Crippen LogP contribution in [0, 0.1) is 17.6 Å². The fourth-order valence-electron chi connectivity index (χ4n) is 3.49. The van der Waals surface area contributed by atoms with Crippen LogP contribution in [0.2, 0.25) is 0 Å². The second-order valence-electron chi connectivity index (χ2n) is 7.24. The average molecular weight is 456 g/mol. The molecule has 1 fully saturated rings. The van der Waals surface area contributed by atoms with Crippen molar-refractivity contribution in [1.82, 2.24) is 0 Å². The zero-order valence-electron chi connectivity index (χ0n) is 17.6. The summed E-state index contributed by atoms with van der Waals surface area (Å²) < 4.78 is 94.9. The Kier molecular flexibility index (Phi) is 8.23. The number of rotatable bonds is 9. The summed E-state index contributed by atoms with van der Waals surface area (Å²) in [5.41, 5.74) is -2.87. The summed E-state index contributed by atoms with van der Waals surface area (Å²) in [6.45, 7) is 1.67. The summed E-state index contributed by atoms with van der Waals surface area (Å²) >= 11 is 0. The van der Waals surface area contributed by atoms with Gasteiger partial charge in [0.1, 0.15) is 13.2 Å². The van der Waals surface area contributed by atoms with E-state index in [1.54, 1.807) is 0 Å². The van der Waals surface area contributed by atoms with Crippen molar-refractivity contribution in [2.24, 2.45) is 5.92 Å². The number of alkyl halides is 3. The maximum Gasteiger partial charge on any atom is 0.417 e. The van der Waals surface area contributed by atoms with Crippen molar-refractivity contribution in [3.8, 4) is 5.75 Å². The van der Waals surface area contributed by atoms with Crippen molar-refractivity contribution in [2.75, 3.05) is 40.6 Å². The monoisotopic (exact) mass is 456 g/mol. The number of esters is 1. The Balaban J connectivity index is 2.53. The Hall–Kier alpha value is -1.98. The van der Waals surface area contributed by atoms with Gasteiger partial charge < -0.3 is 23.7 Å². The lowest BCUT2D eigenvalue weighted by atomic mass is 9.77. The van der Waals surface area contributed by atoms with Crippen LogP contribution in [-0.4, -0.2) is 64.5 Å². The van der Waals surface area contributed by atoms with Gasteiger partial charge in [-0.25, -0.2) is 9.18 Å². The molecule has 176 valence electrons. The molecule has 0 spiro atoms. The number of carbonyl (C=O) groups is 1. The molecule has 31 heavy (non-hydrogen) atoms. The van der Waals surface area contributed by atoms with Crippen LogP contribution in [0.4, 0.5) is 22.0 Å². The van der Waals surface area contributed by atoms with Crippen molar-refractivity contribution in [3.63, 3.8) is 0 Å². The molecule has 0 N–H and O–H groups in total. The standard InChI is InChI=1S/C20H25F5O6/c1-11-14(12-5-6-13(21)15(22)16(12)29-9-7-27-3)17(18(26)30-10-8-28-4)31-19(11,2)20(23,24)25/h5-6,11,14,17H,7-10H2,1-4H3/t11-,14-,17?,19+/m0/s1. The number of hydrogen-bond donors (Lipinski definition) is 0. The van der Waals surface area contributed by atoms with Gasteiger partial charge in [0.05, 0.1) is 13.2 Å². The topological polar surface area (TPSA) is 63.2 Å². The van der Waals surface area contributed by atoms with E-state index in [2.05, 4.69) is 0 Å². The van der Waals surface area contributed by atoms with Gasteiger partial charge in [-0.3, -0.25) is 0 Å². The molecule has 1 heterocycles. The van der Waals surface area contributed by atoms with E-state index in [9.17, 15) is 26.7 Å². The van der Waals surface area contributed by atoms with E-state index < -0.39 is 53.1 Å². The number of halogens is 5. The summed E-state index contributed by atoms with van der Waals surface area (Å²) in [5.74, 6) is -6.99. The zero-order chi connectivity index (χ0) is 23.4. The third-order valence-corrected chi connectivity index (χ3v) is 5.41. The van der Waals surface area contributed by atoms with Crippen LogP contribution in [0.3, 0.4) is 0 Å². The molecule has 1 aliphatic rings. The molecule has 1 saturated heterocycles. The van der Waals surface area contributed by atoms with E-state index >= 15 is 0 Å². The molecule has 1 unspecified atom stereocenters. The highest BCUT2D eigenvalue weighted by Gasteiger charge is 2.66. The van der Waals surface area contributed by atoms with Crippen LogP contribution in [0.5, 0.6) is 5.75 Å². The van der Waals surface area contributed by atoms with Crippen molar-refractivity contribution in [3.05, 3.63) is 29.3 Å². The SMILES string of the molecule is COCCOC(=O)C1O[C@@](C)(C(F)(F)F)[C@@H](C)[C@H]1c1ccc(F)c(F)c1OCCOC. The Labute approximate surface area is 176 Å². The zero-order valence-corrected chi connectivity index (χ0v) is 17.6. The Bertz CT molecular complexity index is 771. The Morgan fingerprint density at radius 1 is 1.10 bits per heavy atom. The second-order valence-corrected chi connectivity index (χ2v) is 7.24. The number of carbonyl (C=O) groups excluding carboxylic acids is 1. The molecule has 0 saturated carbocycles. The molecule has 1 aliphatic heterocycles. The molecule has 0 aromatic heterocycles. The van der Waals surface area contributed by atoms with Crippen LogP contribution < -0.4 is 4.74 Å². The van der Waals surface area contributed by atoms with E-state index in [0.29, 0.717) is 0 Å². The average Bonchev–Trinajstić information content (AvgIpc) is 2.98. The van der Waals surface area contributed by atoms with Crippen LogP contribution in [0.25, 0.3) is 0 Å². The van der Waals surface area contributed by atoms with Gasteiger partial charge in [-0.1, -0.05) is 13.0 Å². The minimum absolute atomic E-state index is 0.0196. The molecule has 0 amide bonds. The largest absolute Gasteiger partial charge is 0.488 e. The minimum Gasteiger partial charge on any atom is -0.488 e. The normalized spacial score (nSPS) is 26.2. The van der Waals surface area contributed by atoms with Gasteiger partial charge in [-0.15, -0.1) is 0 Å². The molecule has 0 bridgehead atoms. The van der Waals surface area contributed by atoms with Gasteiger partial charge in [-0.05, 0) is 13.0 Å². The third-order valence-electron chi connectivity index (χ3n) is 5.41. The summed E-state index contributed by atoms with van der Waals surface area (Å²) in [4.78, 5) is 12.6. The summed E-state index contributed by atoms with van der Waals surface area (Å²) in [5, 5.41) is 0. The first-order chi connectivity index (χ1) is 14.5. The third kappa shape index (κ3) is 5.09. The molecule has 1 aromatic rings. The Morgan fingerprint density at radius 2 is 1.71 bits per heavy atom. The first-order valence-corrected chi connectivity index (χ1v) is 9.49. The van der Waals surface area contributed by atoms with E-state index in [4.69, 9.17) is 23.7 Å². The Morgan fingerprint density at radius 3 is 2.29 bits per heavy atom. The molecular weight excluding hydrogens is 431 g/mol. The maximum absolute atomic E-state index is 14.5. The van der Waals surface area contributed by atoms with Crippen molar-refractivity contribution in [1.29, 1.82) is 0 Å². The van der Waals surface area contributed by atoms with Crippen LogP contribution in [0.15, 0.2) is 12.1 Å². The fraction of sp³-hybridized carbons (Fsp3) is 0.650. The molecule has 11 heteroatoms. The highest BCUT2D eigenvalue weighted by molar-refractivity contribution is 5.77. The van der Waals surface area contributed by atoms with Gasteiger partial charge in [0, 0.05) is 31.6 Å². The first-order valence-electron chi connectivity index (χ1n) is 9.49. The number of hydrogen-bond acceptors (Lipinski definition) is 6. The lowest BCUT2D eigenvalue weighted by Gasteiger charge is -2.32. The molecule has 4 atom stereocenters. The molecule has 1 aromatic carbocycles. The molecule has 2 rings (SSSR count).